The highest BCUT2D eigenvalue weighted by molar-refractivity contribution is 5.51. The molecule has 0 heterocycles. The standard InChI is InChI=1S/C9H10F4O2/c1-6(15-3-2-14)9(13)8(12)4-7(11)5-10/h2,7H,1,3-5H2/b9-8-/t7-/m1/s1. The molecule has 0 saturated carbocycles. The average Bonchev–Trinajstić information content (AvgIpc) is 2.24. The van der Waals surface area contributed by atoms with Crippen molar-refractivity contribution in [3.8, 4) is 0 Å². The normalized spacial score (nSPS) is 14.1. The van der Waals surface area contributed by atoms with Gasteiger partial charge in [0.15, 0.2) is 17.9 Å². The van der Waals surface area contributed by atoms with E-state index in [-0.39, 0.29) is 0 Å². The number of hydrogen-bond donors (Lipinski definition) is 0. The molecule has 2 nitrogen and oxygen atoms in total. The lowest BCUT2D eigenvalue weighted by Gasteiger charge is -2.06. The van der Waals surface area contributed by atoms with Crippen LogP contribution in [-0.4, -0.2) is 25.7 Å². The Bertz CT molecular complexity index is 263. The number of ether oxygens (including phenoxy) is 1. The lowest BCUT2D eigenvalue weighted by atomic mass is 10.2. The Balaban J connectivity index is 4.35. The van der Waals surface area contributed by atoms with E-state index in [1.54, 1.807) is 0 Å². The molecule has 0 aromatic heterocycles. The van der Waals surface area contributed by atoms with Crippen molar-refractivity contribution in [3.63, 3.8) is 0 Å². The van der Waals surface area contributed by atoms with Crippen LogP contribution in [0.25, 0.3) is 0 Å². The highest BCUT2D eigenvalue weighted by Crippen LogP contribution is 2.22. The fraction of sp³-hybridized carbons (Fsp3) is 0.444. The van der Waals surface area contributed by atoms with E-state index < -0.39 is 43.3 Å². The second kappa shape index (κ2) is 7.03. The second-order valence-electron chi connectivity index (χ2n) is 2.58. The Morgan fingerprint density at radius 2 is 2.07 bits per heavy atom. The van der Waals surface area contributed by atoms with Crippen LogP contribution in [-0.2, 0) is 9.53 Å². The minimum Gasteiger partial charge on any atom is -0.484 e. The number of alkyl halides is 2. The Morgan fingerprint density at radius 1 is 1.47 bits per heavy atom. The fourth-order valence-corrected chi connectivity index (χ4v) is 0.688. The molecule has 0 rings (SSSR count). The van der Waals surface area contributed by atoms with Crippen LogP contribution >= 0.6 is 0 Å². The van der Waals surface area contributed by atoms with E-state index in [9.17, 15) is 22.4 Å². The van der Waals surface area contributed by atoms with E-state index in [0.717, 1.165) is 0 Å². The molecule has 0 saturated heterocycles. The van der Waals surface area contributed by atoms with Crippen LogP contribution in [0.4, 0.5) is 17.6 Å². The van der Waals surface area contributed by atoms with Gasteiger partial charge in [-0.2, -0.15) is 0 Å². The van der Waals surface area contributed by atoms with E-state index in [1.807, 2.05) is 0 Å². The fourth-order valence-electron chi connectivity index (χ4n) is 0.688. The second-order valence-corrected chi connectivity index (χ2v) is 2.58. The van der Waals surface area contributed by atoms with E-state index >= 15 is 0 Å². The highest BCUT2D eigenvalue weighted by Gasteiger charge is 2.16. The van der Waals surface area contributed by atoms with Crippen LogP contribution < -0.4 is 0 Å². The first-order valence-corrected chi connectivity index (χ1v) is 4.02. The summed E-state index contributed by atoms with van der Waals surface area (Å²) in [6.07, 6.45) is -2.81. The first-order valence-electron chi connectivity index (χ1n) is 4.02. The van der Waals surface area contributed by atoms with Crippen molar-refractivity contribution < 1.29 is 27.1 Å². The van der Waals surface area contributed by atoms with Gasteiger partial charge in [-0.25, -0.2) is 17.6 Å². The van der Waals surface area contributed by atoms with Gasteiger partial charge in [-0.1, -0.05) is 6.58 Å². The van der Waals surface area contributed by atoms with Crippen LogP contribution in [0.2, 0.25) is 0 Å². The number of carbonyl (C=O) groups is 1. The van der Waals surface area contributed by atoms with Crippen LogP contribution in [0.3, 0.4) is 0 Å². The van der Waals surface area contributed by atoms with Gasteiger partial charge >= 0.3 is 0 Å². The first-order chi connectivity index (χ1) is 7.02. The van der Waals surface area contributed by atoms with E-state index in [4.69, 9.17) is 0 Å². The van der Waals surface area contributed by atoms with Gasteiger partial charge in [0.1, 0.15) is 25.3 Å². The maximum Gasteiger partial charge on any atom is 0.195 e. The van der Waals surface area contributed by atoms with Gasteiger partial charge in [-0.3, -0.25) is 4.79 Å². The van der Waals surface area contributed by atoms with E-state index in [2.05, 4.69) is 11.3 Å². The van der Waals surface area contributed by atoms with E-state index in [1.165, 1.54) is 0 Å². The molecule has 0 aliphatic rings. The third-order valence-electron chi connectivity index (χ3n) is 1.38. The zero-order chi connectivity index (χ0) is 11.8. The molecular weight excluding hydrogens is 216 g/mol. The van der Waals surface area contributed by atoms with Crippen molar-refractivity contribution in [2.75, 3.05) is 13.3 Å². The van der Waals surface area contributed by atoms with Crippen molar-refractivity contribution in [1.82, 2.24) is 0 Å². The molecule has 0 aromatic carbocycles. The van der Waals surface area contributed by atoms with Gasteiger partial charge < -0.3 is 4.74 Å². The highest BCUT2D eigenvalue weighted by atomic mass is 19.2. The molecule has 1 atom stereocenters. The maximum absolute atomic E-state index is 12.9. The minimum absolute atomic E-state index is 0.315. The van der Waals surface area contributed by atoms with Crippen LogP contribution in [0.15, 0.2) is 24.0 Å². The Hall–Kier alpha value is -1.33. The van der Waals surface area contributed by atoms with Crippen molar-refractivity contribution in [3.05, 3.63) is 24.0 Å². The molecule has 0 bridgehead atoms. The smallest absolute Gasteiger partial charge is 0.195 e. The molecule has 86 valence electrons. The Kier molecular flexibility index (Phi) is 6.40. The maximum atomic E-state index is 12.9. The van der Waals surface area contributed by atoms with Gasteiger partial charge in [0.25, 0.3) is 0 Å². The summed E-state index contributed by atoms with van der Waals surface area (Å²) in [4.78, 5) is 9.82. The number of allylic oxidation sites excluding steroid dienone is 2. The van der Waals surface area contributed by atoms with Crippen molar-refractivity contribution in [2.24, 2.45) is 0 Å². The Morgan fingerprint density at radius 3 is 2.53 bits per heavy atom. The van der Waals surface area contributed by atoms with Gasteiger partial charge in [-0.15, -0.1) is 0 Å². The summed E-state index contributed by atoms with van der Waals surface area (Å²) in [5, 5.41) is 0. The predicted molar refractivity (Wildman–Crippen MR) is 45.9 cm³/mol. The largest absolute Gasteiger partial charge is 0.484 e. The van der Waals surface area contributed by atoms with Crippen molar-refractivity contribution in [2.45, 2.75) is 12.6 Å². The number of hydrogen-bond acceptors (Lipinski definition) is 2. The lowest BCUT2D eigenvalue weighted by Crippen LogP contribution is -2.04. The topological polar surface area (TPSA) is 26.3 Å². The molecule has 0 aromatic rings. The van der Waals surface area contributed by atoms with Gasteiger partial charge in [0, 0.05) is 6.42 Å². The van der Waals surface area contributed by atoms with Crippen LogP contribution in [0, 0.1) is 0 Å². The lowest BCUT2D eigenvalue weighted by molar-refractivity contribution is -0.110. The monoisotopic (exact) mass is 226 g/mol. The SMILES string of the molecule is C=C(OCC=O)/C(F)=C(/F)C[C@@H](F)CF. The summed E-state index contributed by atoms with van der Waals surface area (Å²) in [7, 11) is 0. The zero-order valence-corrected chi connectivity index (χ0v) is 7.81. The summed E-state index contributed by atoms with van der Waals surface area (Å²) in [6, 6.07) is 0. The summed E-state index contributed by atoms with van der Waals surface area (Å²) < 4.78 is 53.9. The Labute approximate surface area is 84.2 Å². The van der Waals surface area contributed by atoms with E-state index in [0.29, 0.717) is 6.29 Å². The molecule has 0 amide bonds. The number of halogens is 4. The third kappa shape index (κ3) is 5.19. The zero-order valence-electron chi connectivity index (χ0n) is 7.81. The molecule has 0 spiro atoms. The summed E-state index contributed by atoms with van der Waals surface area (Å²) in [6.45, 7) is 1.09. The predicted octanol–water partition coefficient (Wildman–Crippen LogP) is 2.56. The summed E-state index contributed by atoms with van der Waals surface area (Å²) >= 11 is 0. The molecule has 0 radical (unpaired) electrons. The molecule has 15 heavy (non-hydrogen) atoms. The average molecular weight is 226 g/mol. The molecule has 6 heteroatoms. The molecule has 0 aliphatic heterocycles. The van der Waals surface area contributed by atoms with Crippen molar-refractivity contribution in [1.29, 1.82) is 0 Å². The molecule has 0 fully saturated rings. The van der Waals surface area contributed by atoms with Gasteiger partial charge in [-0.05, 0) is 0 Å². The summed E-state index contributed by atoms with van der Waals surface area (Å²) in [5.41, 5.74) is 0. The quantitative estimate of drug-likeness (QED) is 0.288. The van der Waals surface area contributed by atoms with Gasteiger partial charge in [0.2, 0.25) is 0 Å². The number of rotatable bonds is 7. The van der Waals surface area contributed by atoms with Crippen LogP contribution in [0.1, 0.15) is 6.42 Å². The van der Waals surface area contributed by atoms with Crippen LogP contribution in [0.5, 0.6) is 0 Å². The molecule has 0 N–H and O–H groups in total. The number of carbonyl (C=O) groups excluding carboxylic acids is 1. The number of aldehydes is 1. The van der Waals surface area contributed by atoms with Gasteiger partial charge in [0.05, 0.1) is 0 Å². The van der Waals surface area contributed by atoms with Crippen molar-refractivity contribution >= 4 is 6.29 Å². The molecular formula is C9H10F4O2. The summed E-state index contributed by atoms with van der Waals surface area (Å²) in [5.74, 6) is -3.71. The molecule has 0 unspecified atom stereocenters. The molecule has 0 aliphatic carbocycles. The minimum atomic E-state index is -2.10. The third-order valence-corrected chi connectivity index (χ3v) is 1.38. The first kappa shape index (κ1) is 13.7.